The van der Waals surface area contributed by atoms with Gasteiger partial charge in [-0.1, -0.05) is 42.5 Å². The van der Waals surface area contributed by atoms with Gasteiger partial charge in [0.15, 0.2) is 0 Å². The van der Waals surface area contributed by atoms with E-state index in [0.29, 0.717) is 10.6 Å². The maximum atomic E-state index is 12.5. The van der Waals surface area contributed by atoms with Gasteiger partial charge in [0.25, 0.3) is 5.91 Å². The van der Waals surface area contributed by atoms with Crippen LogP contribution in [0.3, 0.4) is 0 Å². The molecule has 4 N–H and O–H groups in total. The Morgan fingerprint density at radius 1 is 1.14 bits per heavy atom. The zero-order valence-electron chi connectivity index (χ0n) is 15.7. The summed E-state index contributed by atoms with van der Waals surface area (Å²) in [6.07, 6.45) is 2.85. The monoisotopic (exact) mass is 393 g/mol. The van der Waals surface area contributed by atoms with Gasteiger partial charge in [0, 0.05) is 10.9 Å². The van der Waals surface area contributed by atoms with E-state index in [9.17, 15) is 9.59 Å². The first-order valence-corrected chi connectivity index (χ1v) is 10.3. The maximum absolute atomic E-state index is 12.5. The van der Waals surface area contributed by atoms with E-state index in [1.165, 1.54) is 27.0 Å². The quantitative estimate of drug-likeness (QED) is 0.596. The third-order valence-corrected chi connectivity index (χ3v) is 6.49. The van der Waals surface area contributed by atoms with E-state index in [-0.39, 0.29) is 18.5 Å². The summed E-state index contributed by atoms with van der Waals surface area (Å²) >= 11 is 1.48. The summed E-state index contributed by atoms with van der Waals surface area (Å²) in [6.45, 7) is 2.20. The maximum Gasteiger partial charge on any atom is 0.251 e. The van der Waals surface area contributed by atoms with Crippen LogP contribution < -0.4 is 16.4 Å². The van der Waals surface area contributed by atoms with Crippen molar-refractivity contribution in [3.63, 3.8) is 0 Å². The molecule has 0 saturated carbocycles. The van der Waals surface area contributed by atoms with Crippen molar-refractivity contribution in [1.82, 2.24) is 5.32 Å². The summed E-state index contributed by atoms with van der Waals surface area (Å²) in [6, 6.07) is 14.4. The highest BCUT2D eigenvalue weighted by Gasteiger charge is 2.26. The number of benzene rings is 2. The standard InChI is InChI=1S/C22H23N3O2S/c1-13(15-9-4-7-14-6-2-3-8-16(14)15)24-12-19(26)25-22-20(21(23)27)17-10-5-11-18(17)28-22/h2-4,6-9,13,24H,5,10-12H2,1H3,(H2,23,27)(H,25,26). The molecule has 1 aliphatic carbocycles. The molecule has 0 radical (unpaired) electrons. The minimum absolute atomic E-state index is 0.0146. The molecule has 2 aromatic carbocycles. The fourth-order valence-electron chi connectivity index (χ4n) is 3.91. The van der Waals surface area contributed by atoms with Crippen LogP contribution in [0.1, 0.15) is 45.7 Å². The van der Waals surface area contributed by atoms with Crippen molar-refractivity contribution >= 4 is 38.9 Å². The van der Waals surface area contributed by atoms with Crippen molar-refractivity contribution < 1.29 is 9.59 Å². The summed E-state index contributed by atoms with van der Waals surface area (Å²) in [5.41, 5.74) is 8.22. The largest absolute Gasteiger partial charge is 0.365 e. The highest BCUT2D eigenvalue weighted by molar-refractivity contribution is 7.17. The molecular formula is C22H23N3O2S. The highest BCUT2D eigenvalue weighted by atomic mass is 32.1. The van der Waals surface area contributed by atoms with Crippen molar-refractivity contribution in [3.05, 3.63) is 64.0 Å². The molecule has 2 amide bonds. The molecule has 0 bridgehead atoms. The van der Waals surface area contributed by atoms with E-state index in [1.54, 1.807) is 0 Å². The third-order valence-electron chi connectivity index (χ3n) is 5.28. The first-order valence-electron chi connectivity index (χ1n) is 9.50. The second-order valence-corrected chi connectivity index (χ2v) is 8.25. The SMILES string of the molecule is CC(NCC(=O)Nc1sc2c(c1C(N)=O)CCC2)c1cccc2ccccc12. The molecule has 1 atom stereocenters. The molecule has 0 fully saturated rings. The highest BCUT2D eigenvalue weighted by Crippen LogP contribution is 2.38. The minimum Gasteiger partial charge on any atom is -0.365 e. The molecule has 6 heteroatoms. The van der Waals surface area contributed by atoms with Gasteiger partial charge in [-0.3, -0.25) is 9.59 Å². The molecule has 1 aromatic heterocycles. The van der Waals surface area contributed by atoms with Crippen molar-refractivity contribution in [2.24, 2.45) is 5.73 Å². The Morgan fingerprint density at radius 2 is 1.93 bits per heavy atom. The van der Waals surface area contributed by atoms with Gasteiger partial charge in [-0.15, -0.1) is 11.3 Å². The molecular weight excluding hydrogens is 370 g/mol. The number of carbonyl (C=O) groups excluding carboxylic acids is 2. The average Bonchev–Trinajstić information content (AvgIpc) is 3.26. The zero-order valence-corrected chi connectivity index (χ0v) is 16.6. The zero-order chi connectivity index (χ0) is 19.7. The van der Waals surface area contributed by atoms with Gasteiger partial charge in [0.2, 0.25) is 5.91 Å². The van der Waals surface area contributed by atoms with Gasteiger partial charge in [-0.05, 0) is 48.1 Å². The van der Waals surface area contributed by atoms with Crippen LogP contribution in [0, 0.1) is 0 Å². The number of primary amides is 1. The topological polar surface area (TPSA) is 84.2 Å². The van der Waals surface area contributed by atoms with Crippen molar-refractivity contribution in [2.75, 3.05) is 11.9 Å². The van der Waals surface area contributed by atoms with Crippen LogP contribution >= 0.6 is 11.3 Å². The third kappa shape index (κ3) is 3.53. The summed E-state index contributed by atoms with van der Waals surface area (Å²) < 4.78 is 0. The summed E-state index contributed by atoms with van der Waals surface area (Å²) in [5.74, 6) is -0.638. The number of rotatable bonds is 6. The van der Waals surface area contributed by atoms with E-state index in [2.05, 4.69) is 34.9 Å². The summed E-state index contributed by atoms with van der Waals surface area (Å²) in [4.78, 5) is 25.5. The molecule has 4 rings (SSSR count). The number of aryl methyl sites for hydroxylation is 1. The van der Waals surface area contributed by atoms with Gasteiger partial charge >= 0.3 is 0 Å². The van der Waals surface area contributed by atoms with Crippen LogP contribution in [0.15, 0.2) is 42.5 Å². The average molecular weight is 394 g/mol. The second kappa shape index (κ2) is 7.73. The van der Waals surface area contributed by atoms with E-state index < -0.39 is 5.91 Å². The van der Waals surface area contributed by atoms with Gasteiger partial charge in [-0.25, -0.2) is 0 Å². The Bertz CT molecular complexity index is 1050. The molecule has 3 aromatic rings. The first-order chi connectivity index (χ1) is 13.5. The minimum atomic E-state index is -0.466. The molecule has 0 spiro atoms. The molecule has 1 heterocycles. The van der Waals surface area contributed by atoms with Crippen LogP contribution in [0.2, 0.25) is 0 Å². The lowest BCUT2D eigenvalue weighted by atomic mass is 10.00. The molecule has 1 aliphatic rings. The Kier molecular flexibility index (Phi) is 5.15. The predicted octanol–water partition coefficient (Wildman–Crippen LogP) is 3.78. The number of carbonyl (C=O) groups is 2. The summed E-state index contributed by atoms with van der Waals surface area (Å²) in [5, 5.41) is 9.11. The molecule has 28 heavy (non-hydrogen) atoms. The molecule has 144 valence electrons. The molecule has 0 saturated heterocycles. The number of anilines is 1. The van der Waals surface area contributed by atoms with Crippen molar-refractivity contribution in [1.29, 1.82) is 0 Å². The van der Waals surface area contributed by atoms with Crippen LogP contribution in [0.25, 0.3) is 10.8 Å². The van der Waals surface area contributed by atoms with Crippen LogP contribution in [-0.4, -0.2) is 18.4 Å². The Morgan fingerprint density at radius 3 is 2.75 bits per heavy atom. The predicted molar refractivity (Wildman–Crippen MR) is 114 cm³/mol. The summed E-state index contributed by atoms with van der Waals surface area (Å²) in [7, 11) is 0. The number of fused-ring (bicyclic) bond motifs is 2. The lowest BCUT2D eigenvalue weighted by molar-refractivity contribution is -0.115. The Labute approximate surface area is 167 Å². The second-order valence-electron chi connectivity index (χ2n) is 7.14. The Hall–Kier alpha value is -2.70. The van der Waals surface area contributed by atoms with Crippen molar-refractivity contribution in [3.8, 4) is 0 Å². The lowest BCUT2D eigenvalue weighted by Crippen LogP contribution is -2.30. The van der Waals surface area contributed by atoms with Crippen LogP contribution in [0.5, 0.6) is 0 Å². The molecule has 1 unspecified atom stereocenters. The van der Waals surface area contributed by atoms with E-state index in [0.717, 1.165) is 30.4 Å². The smallest absolute Gasteiger partial charge is 0.251 e. The van der Waals surface area contributed by atoms with Crippen LogP contribution in [0.4, 0.5) is 5.00 Å². The molecule has 5 nitrogen and oxygen atoms in total. The lowest BCUT2D eigenvalue weighted by Gasteiger charge is -2.16. The number of hydrogen-bond donors (Lipinski definition) is 3. The van der Waals surface area contributed by atoms with E-state index in [1.807, 2.05) is 25.1 Å². The Balaban J connectivity index is 1.44. The molecule has 0 aliphatic heterocycles. The first kappa shape index (κ1) is 18.7. The normalized spacial score (nSPS) is 14.0. The van der Waals surface area contributed by atoms with Gasteiger partial charge in [-0.2, -0.15) is 0 Å². The number of thiophene rings is 1. The number of nitrogens with one attached hydrogen (secondary N) is 2. The fourth-order valence-corrected chi connectivity index (χ4v) is 5.22. The van der Waals surface area contributed by atoms with Gasteiger partial charge in [0.05, 0.1) is 12.1 Å². The van der Waals surface area contributed by atoms with E-state index in [4.69, 9.17) is 5.73 Å². The number of hydrogen-bond acceptors (Lipinski definition) is 4. The number of amides is 2. The van der Waals surface area contributed by atoms with Gasteiger partial charge < -0.3 is 16.4 Å². The van der Waals surface area contributed by atoms with E-state index >= 15 is 0 Å². The number of nitrogens with two attached hydrogens (primary N) is 1. The van der Waals surface area contributed by atoms with Crippen molar-refractivity contribution in [2.45, 2.75) is 32.2 Å². The van der Waals surface area contributed by atoms with Crippen LogP contribution in [-0.2, 0) is 17.6 Å². The fraction of sp³-hybridized carbons (Fsp3) is 0.273. The van der Waals surface area contributed by atoms with Gasteiger partial charge in [0.1, 0.15) is 5.00 Å².